The fraction of sp³-hybridized carbons (Fsp3) is 0.333. The van der Waals surface area contributed by atoms with Crippen LogP contribution in [0, 0.1) is 0 Å². The van der Waals surface area contributed by atoms with E-state index in [9.17, 15) is 0 Å². The first-order valence-corrected chi connectivity index (χ1v) is 2.88. The van der Waals surface area contributed by atoms with E-state index in [2.05, 4.69) is 10.4 Å². The van der Waals surface area contributed by atoms with Crippen molar-refractivity contribution in [2.75, 3.05) is 0 Å². The lowest BCUT2D eigenvalue weighted by Crippen LogP contribution is -1.84. The Morgan fingerprint density at radius 1 is 1.62 bits per heavy atom. The van der Waals surface area contributed by atoms with E-state index in [1.807, 2.05) is 12.2 Å². The molecule has 0 fully saturated rings. The van der Waals surface area contributed by atoms with E-state index >= 15 is 0 Å². The molecule has 2 heteroatoms. The molecule has 0 aromatic heterocycles. The number of hydrogen-bond acceptors (Lipinski definition) is 1. The first kappa shape index (κ1) is 5.70. The Labute approximate surface area is 53.8 Å². The van der Waals surface area contributed by atoms with Crippen LogP contribution in [-0.2, 0) is 4.29 Å². The Kier molecular flexibility index (Phi) is 1.98. The lowest BCUT2D eigenvalue weighted by molar-refractivity contribution is 0.444. The van der Waals surface area contributed by atoms with Crippen LogP contribution >= 0.6 is 11.9 Å². The van der Waals surface area contributed by atoms with Crippen molar-refractivity contribution >= 4 is 11.9 Å². The van der Waals surface area contributed by atoms with Crippen LogP contribution in [-0.4, -0.2) is 0 Å². The molecule has 0 aromatic carbocycles. The summed E-state index contributed by atoms with van der Waals surface area (Å²) in [6, 6.07) is 0. The molecule has 1 rings (SSSR count). The number of halogens is 1. The van der Waals surface area contributed by atoms with E-state index in [4.69, 9.17) is 11.9 Å². The van der Waals surface area contributed by atoms with E-state index in [0.29, 0.717) is 0 Å². The fourth-order valence-corrected chi connectivity index (χ4v) is 0.773. The maximum absolute atomic E-state index is 5.08. The fourth-order valence-electron chi connectivity index (χ4n) is 0.645. The predicted octanol–water partition coefficient (Wildman–Crippen LogP) is 2.39. The molecule has 0 atom stereocenters. The van der Waals surface area contributed by atoms with Gasteiger partial charge in [0.25, 0.3) is 0 Å². The van der Waals surface area contributed by atoms with Gasteiger partial charge < -0.3 is 4.29 Å². The summed E-state index contributed by atoms with van der Waals surface area (Å²) in [5.74, 6) is 0.856. The van der Waals surface area contributed by atoms with E-state index in [1.54, 1.807) is 0 Å². The van der Waals surface area contributed by atoms with Crippen molar-refractivity contribution in [1.29, 1.82) is 0 Å². The van der Waals surface area contributed by atoms with Crippen LogP contribution in [0.2, 0.25) is 0 Å². The second-order valence-electron chi connectivity index (χ2n) is 1.68. The van der Waals surface area contributed by atoms with E-state index < -0.39 is 0 Å². The summed E-state index contributed by atoms with van der Waals surface area (Å²) in [4.78, 5) is 0. The minimum Gasteiger partial charge on any atom is -0.390 e. The molecule has 0 aliphatic heterocycles. The highest BCUT2D eigenvalue weighted by atomic mass is 35.5. The highest BCUT2D eigenvalue weighted by Gasteiger charge is 1.96. The smallest absolute Gasteiger partial charge is 0.134 e. The summed E-state index contributed by atoms with van der Waals surface area (Å²) in [6.45, 7) is 0. The van der Waals surface area contributed by atoms with E-state index in [-0.39, 0.29) is 0 Å². The molecular weight excluding hydrogens is 124 g/mol. The first-order valence-electron chi connectivity index (χ1n) is 2.58. The van der Waals surface area contributed by atoms with Gasteiger partial charge >= 0.3 is 0 Å². The molecule has 0 bridgehead atoms. The first-order chi connectivity index (χ1) is 3.93. The van der Waals surface area contributed by atoms with Crippen molar-refractivity contribution in [2.24, 2.45) is 0 Å². The van der Waals surface area contributed by atoms with E-state index in [1.165, 1.54) is 0 Å². The standard InChI is InChI=1S/C6H7ClO/c7-8-6-4-2-1-3-5-6/h1-2,4H,3,5H2. The van der Waals surface area contributed by atoms with E-state index in [0.717, 1.165) is 18.6 Å². The van der Waals surface area contributed by atoms with Gasteiger partial charge in [-0.3, -0.25) is 0 Å². The molecule has 0 saturated heterocycles. The zero-order valence-electron chi connectivity index (χ0n) is 4.43. The van der Waals surface area contributed by atoms with Crippen molar-refractivity contribution in [3.05, 3.63) is 24.0 Å². The molecule has 1 nitrogen and oxygen atoms in total. The van der Waals surface area contributed by atoms with Crippen LogP contribution in [0.15, 0.2) is 24.0 Å². The Hall–Kier alpha value is -0.430. The maximum atomic E-state index is 5.08. The average Bonchev–Trinajstić information content (AvgIpc) is 1.90. The van der Waals surface area contributed by atoms with Gasteiger partial charge in [-0.15, -0.1) is 0 Å². The third kappa shape index (κ3) is 1.27. The Morgan fingerprint density at radius 2 is 2.50 bits per heavy atom. The van der Waals surface area contributed by atoms with Crippen LogP contribution in [0.25, 0.3) is 0 Å². The Morgan fingerprint density at radius 3 is 2.88 bits per heavy atom. The van der Waals surface area contributed by atoms with Gasteiger partial charge in [0.2, 0.25) is 0 Å². The molecule has 1 aliphatic carbocycles. The summed E-state index contributed by atoms with van der Waals surface area (Å²) in [5, 5.41) is 0. The molecule has 0 aromatic rings. The number of hydrogen-bond donors (Lipinski definition) is 0. The zero-order chi connectivity index (χ0) is 5.82. The van der Waals surface area contributed by atoms with Gasteiger partial charge in [-0.1, -0.05) is 12.2 Å². The van der Waals surface area contributed by atoms with Crippen LogP contribution in [0.3, 0.4) is 0 Å². The highest BCUT2D eigenvalue weighted by molar-refractivity contribution is 6.08. The molecule has 0 heterocycles. The molecule has 44 valence electrons. The van der Waals surface area contributed by atoms with Crippen LogP contribution in [0.1, 0.15) is 12.8 Å². The third-order valence-electron chi connectivity index (χ3n) is 1.07. The molecule has 0 unspecified atom stereocenters. The van der Waals surface area contributed by atoms with Crippen molar-refractivity contribution in [2.45, 2.75) is 12.8 Å². The second-order valence-corrected chi connectivity index (χ2v) is 1.83. The van der Waals surface area contributed by atoms with Crippen LogP contribution < -0.4 is 0 Å². The van der Waals surface area contributed by atoms with Gasteiger partial charge in [-0.2, -0.15) is 0 Å². The summed E-state index contributed by atoms with van der Waals surface area (Å²) < 4.78 is 4.47. The Balaban J connectivity index is 2.50. The van der Waals surface area contributed by atoms with Gasteiger partial charge in [0.1, 0.15) is 17.6 Å². The van der Waals surface area contributed by atoms with Crippen LogP contribution in [0.4, 0.5) is 0 Å². The normalized spacial score (nSPS) is 17.9. The minimum absolute atomic E-state index is 0.856. The van der Waals surface area contributed by atoms with Crippen molar-refractivity contribution in [3.8, 4) is 0 Å². The molecule has 0 radical (unpaired) electrons. The highest BCUT2D eigenvalue weighted by Crippen LogP contribution is 2.13. The number of allylic oxidation sites excluding steroid dienone is 4. The maximum Gasteiger partial charge on any atom is 0.134 e. The Bertz CT molecular complexity index is 126. The monoisotopic (exact) mass is 130 g/mol. The van der Waals surface area contributed by atoms with Gasteiger partial charge in [-0.05, 0) is 12.5 Å². The SMILES string of the molecule is ClOC1=CC=CCC1. The van der Waals surface area contributed by atoms with Crippen molar-refractivity contribution in [3.63, 3.8) is 0 Å². The topological polar surface area (TPSA) is 9.23 Å². The van der Waals surface area contributed by atoms with Gasteiger partial charge in [0.15, 0.2) is 0 Å². The molecule has 1 aliphatic rings. The lowest BCUT2D eigenvalue weighted by atomic mass is 10.2. The number of rotatable bonds is 1. The van der Waals surface area contributed by atoms with Gasteiger partial charge in [0.05, 0.1) is 0 Å². The molecule has 0 spiro atoms. The minimum atomic E-state index is 0.856. The zero-order valence-corrected chi connectivity index (χ0v) is 5.19. The molecule has 0 saturated carbocycles. The summed E-state index contributed by atoms with van der Waals surface area (Å²) in [7, 11) is 0. The van der Waals surface area contributed by atoms with Gasteiger partial charge in [0, 0.05) is 6.42 Å². The quantitative estimate of drug-likeness (QED) is 0.530. The average molecular weight is 131 g/mol. The third-order valence-corrected chi connectivity index (χ3v) is 1.27. The largest absolute Gasteiger partial charge is 0.390 e. The molecule has 8 heavy (non-hydrogen) atoms. The predicted molar refractivity (Wildman–Crippen MR) is 33.4 cm³/mol. The van der Waals surface area contributed by atoms with Crippen molar-refractivity contribution < 1.29 is 4.29 Å². The molecule has 0 amide bonds. The van der Waals surface area contributed by atoms with Gasteiger partial charge in [-0.25, -0.2) is 0 Å². The van der Waals surface area contributed by atoms with Crippen molar-refractivity contribution in [1.82, 2.24) is 0 Å². The molecular formula is C6H7ClO. The summed E-state index contributed by atoms with van der Waals surface area (Å²) in [5.41, 5.74) is 0. The summed E-state index contributed by atoms with van der Waals surface area (Å²) >= 11 is 5.08. The molecule has 0 N–H and O–H groups in total. The van der Waals surface area contributed by atoms with Crippen LogP contribution in [0.5, 0.6) is 0 Å². The second kappa shape index (κ2) is 2.78. The lowest BCUT2D eigenvalue weighted by Gasteiger charge is -2.01. The summed E-state index contributed by atoms with van der Waals surface area (Å²) in [6.07, 6.45) is 7.87.